The average Bonchev–Trinajstić information content (AvgIpc) is 2.95. The summed E-state index contributed by atoms with van der Waals surface area (Å²) in [5.41, 5.74) is 0.438. The first kappa shape index (κ1) is 12.4. The molecule has 0 aromatic carbocycles. The van der Waals surface area contributed by atoms with E-state index in [1.807, 2.05) is 0 Å². The quantitative estimate of drug-likeness (QED) is 0.669. The van der Waals surface area contributed by atoms with Gasteiger partial charge in [0.05, 0.1) is 0 Å². The molecule has 19 heavy (non-hydrogen) atoms. The van der Waals surface area contributed by atoms with Crippen molar-refractivity contribution in [2.75, 3.05) is 6.61 Å². The number of alkyl halides is 1. The van der Waals surface area contributed by atoms with Gasteiger partial charge in [-0.2, -0.15) is 0 Å². The molecular formula is C11H12FN3O4. The highest BCUT2D eigenvalue weighted by Gasteiger charge is 2.55. The Balaban J connectivity index is 2.03. The molecule has 0 saturated carbocycles. The molecule has 1 saturated heterocycles. The summed E-state index contributed by atoms with van der Waals surface area (Å²) in [6, 6.07) is 1.68. The average molecular weight is 269 g/mol. The third kappa shape index (κ3) is 1.72. The Bertz CT molecular complexity index is 606. The summed E-state index contributed by atoms with van der Waals surface area (Å²) in [6.45, 7) is -1.05. The number of hydrogen-bond donors (Lipinski definition) is 3. The largest absolute Gasteiger partial charge is 0.390 e. The van der Waals surface area contributed by atoms with Gasteiger partial charge < -0.3 is 24.6 Å². The maximum atomic E-state index is 14.0. The van der Waals surface area contributed by atoms with E-state index in [0.29, 0.717) is 11.0 Å². The van der Waals surface area contributed by atoms with Crippen LogP contribution < -0.4 is 0 Å². The van der Waals surface area contributed by atoms with Gasteiger partial charge in [0, 0.05) is 17.8 Å². The topological polar surface area (TPSA) is 101 Å². The van der Waals surface area contributed by atoms with E-state index in [2.05, 4.69) is 9.97 Å². The Morgan fingerprint density at radius 2 is 2.26 bits per heavy atom. The van der Waals surface area contributed by atoms with Gasteiger partial charge in [-0.25, -0.2) is 14.4 Å². The number of aromatic nitrogens is 3. The van der Waals surface area contributed by atoms with Crippen LogP contribution in [0.2, 0.25) is 0 Å². The molecule has 0 amide bonds. The van der Waals surface area contributed by atoms with E-state index in [0.717, 1.165) is 0 Å². The van der Waals surface area contributed by atoms with Crippen LogP contribution in [-0.2, 0) is 4.74 Å². The number of fused-ring (bicyclic) bond motifs is 1. The van der Waals surface area contributed by atoms with Gasteiger partial charge in [-0.1, -0.05) is 0 Å². The van der Waals surface area contributed by atoms with Gasteiger partial charge in [0.2, 0.25) is 0 Å². The molecule has 1 aliphatic rings. The van der Waals surface area contributed by atoms with Crippen molar-refractivity contribution in [3.8, 4) is 0 Å². The fraction of sp³-hybridized carbons (Fsp3) is 0.455. The fourth-order valence-electron chi connectivity index (χ4n) is 2.21. The Morgan fingerprint density at radius 3 is 2.95 bits per heavy atom. The van der Waals surface area contributed by atoms with Crippen LogP contribution in [-0.4, -0.2) is 54.5 Å². The molecule has 0 spiro atoms. The van der Waals surface area contributed by atoms with Crippen LogP contribution in [0.5, 0.6) is 0 Å². The minimum absolute atomic E-state index is 0.438. The standard InChI is InChI=1S/C11H12FN3O4/c12-11(4-16)8(18)7(17)10(19-11)15-2-1-6-3-13-5-14-9(6)15/h1-3,5,7-8,10,16-18H,4H2/t7-,8+,10-,11-/m1/s1. The molecule has 3 N–H and O–H groups in total. The number of nitrogens with zero attached hydrogens (tertiary/aromatic N) is 3. The number of hydrogen-bond acceptors (Lipinski definition) is 6. The lowest BCUT2D eigenvalue weighted by molar-refractivity contribution is -0.206. The lowest BCUT2D eigenvalue weighted by Gasteiger charge is -2.19. The zero-order valence-electron chi connectivity index (χ0n) is 9.72. The van der Waals surface area contributed by atoms with Gasteiger partial charge in [-0.05, 0) is 6.07 Å². The van der Waals surface area contributed by atoms with Crippen molar-refractivity contribution in [1.29, 1.82) is 0 Å². The normalized spacial score (nSPS) is 35.1. The Hall–Kier alpha value is -1.61. The molecule has 0 aliphatic carbocycles. The summed E-state index contributed by atoms with van der Waals surface area (Å²) < 4.78 is 20.4. The van der Waals surface area contributed by atoms with Gasteiger partial charge in [-0.15, -0.1) is 0 Å². The molecule has 4 atom stereocenters. The smallest absolute Gasteiger partial charge is 0.263 e. The number of ether oxygens (including phenoxy) is 1. The molecule has 7 nitrogen and oxygen atoms in total. The van der Waals surface area contributed by atoms with Crippen LogP contribution in [0, 0.1) is 0 Å². The van der Waals surface area contributed by atoms with Crippen molar-refractivity contribution in [1.82, 2.24) is 14.5 Å². The number of rotatable bonds is 2. The second-order valence-electron chi connectivity index (χ2n) is 4.41. The third-order valence-corrected chi connectivity index (χ3v) is 3.24. The minimum atomic E-state index is -2.69. The van der Waals surface area contributed by atoms with E-state index in [1.165, 1.54) is 10.9 Å². The monoisotopic (exact) mass is 269 g/mol. The highest BCUT2D eigenvalue weighted by Crippen LogP contribution is 2.39. The van der Waals surface area contributed by atoms with Crippen molar-refractivity contribution in [3.05, 3.63) is 24.8 Å². The zero-order chi connectivity index (χ0) is 13.6. The van der Waals surface area contributed by atoms with Crippen molar-refractivity contribution in [2.24, 2.45) is 0 Å². The van der Waals surface area contributed by atoms with E-state index in [9.17, 15) is 14.6 Å². The third-order valence-electron chi connectivity index (χ3n) is 3.24. The van der Waals surface area contributed by atoms with Crippen LogP contribution in [0.25, 0.3) is 11.0 Å². The molecule has 1 fully saturated rings. The molecule has 1 aliphatic heterocycles. The minimum Gasteiger partial charge on any atom is -0.390 e. The summed E-state index contributed by atoms with van der Waals surface area (Å²) in [4.78, 5) is 7.85. The van der Waals surface area contributed by atoms with Crippen molar-refractivity contribution >= 4 is 11.0 Å². The molecule has 0 bridgehead atoms. The van der Waals surface area contributed by atoms with Crippen molar-refractivity contribution in [3.63, 3.8) is 0 Å². The molecule has 3 heterocycles. The van der Waals surface area contributed by atoms with Gasteiger partial charge in [0.1, 0.15) is 30.8 Å². The predicted molar refractivity (Wildman–Crippen MR) is 60.6 cm³/mol. The van der Waals surface area contributed by atoms with Gasteiger partial charge >= 0.3 is 0 Å². The van der Waals surface area contributed by atoms with Crippen molar-refractivity contribution in [2.45, 2.75) is 24.3 Å². The zero-order valence-corrected chi connectivity index (χ0v) is 9.72. The number of aliphatic hydroxyl groups excluding tert-OH is 3. The first-order valence-corrected chi connectivity index (χ1v) is 5.67. The van der Waals surface area contributed by atoms with E-state index >= 15 is 0 Å². The van der Waals surface area contributed by atoms with E-state index in [1.54, 1.807) is 18.5 Å². The molecule has 2 aromatic heterocycles. The summed E-state index contributed by atoms with van der Waals surface area (Å²) in [7, 11) is 0. The fourth-order valence-corrected chi connectivity index (χ4v) is 2.21. The van der Waals surface area contributed by atoms with E-state index in [4.69, 9.17) is 9.84 Å². The predicted octanol–water partition coefficient (Wildman–Crippen LogP) is -0.660. The molecule has 0 unspecified atom stereocenters. The summed E-state index contributed by atoms with van der Waals surface area (Å²) in [5.74, 6) is -2.69. The number of aliphatic hydroxyl groups is 3. The van der Waals surface area contributed by atoms with Crippen LogP contribution in [0.1, 0.15) is 6.23 Å². The SMILES string of the molecule is OC[C@@]1(F)O[C@@H](n2ccc3cncnc32)[C@H](O)[C@@H]1O. The molecular weight excluding hydrogens is 257 g/mol. The molecule has 3 rings (SSSR count). The first-order valence-electron chi connectivity index (χ1n) is 5.67. The lowest BCUT2D eigenvalue weighted by atomic mass is 10.1. The number of halogens is 1. The van der Waals surface area contributed by atoms with E-state index in [-0.39, 0.29) is 0 Å². The van der Waals surface area contributed by atoms with Gasteiger partial charge in [-0.3, -0.25) is 0 Å². The van der Waals surface area contributed by atoms with Crippen molar-refractivity contribution < 1.29 is 24.4 Å². The maximum absolute atomic E-state index is 14.0. The van der Waals surface area contributed by atoms with E-state index < -0.39 is 30.9 Å². The van der Waals surface area contributed by atoms with Crippen LogP contribution in [0.4, 0.5) is 4.39 Å². The Morgan fingerprint density at radius 1 is 1.47 bits per heavy atom. The molecule has 2 aromatic rings. The maximum Gasteiger partial charge on any atom is 0.263 e. The molecule has 8 heteroatoms. The van der Waals surface area contributed by atoms with Crippen LogP contribution in [0.3, 0.4) is 0 Å². The highest BCUT2D eigenvalue weighted by molar-refractivity contribution is 5.74. The summed E-state index contributed by atoms with van der Waals surface area (Å²) in [6.07, 6.45) is -0.0937. The molecule has 0 radical (unpaired) electrons. The summed E-state index contributed by atoms with van der Waals surface area (Å²) >= 11 is 0. The van der Waals surface area contributed by atoms with Gasteiger partial charge in [0.25, 0.3) is 5.85 Å². The summed E-state index contributed by atoms with van der Waals surface area (Å²) in [5, 5.41) is 29.1. The Labute approximate surface area is 106 Å². The lowest BCUT2D eigenvalue weighted by Crippen LogP contribution is -2.42. The van der Waals surface area contributed by atoms with Crippen LogP contribution >= 0.6 is 0 Å². The second kappa shape index (κ2) is 4.20. The molecule has 102 valence electrons. The highest BCUT2D eigenvalue weighted by atomic mass is 19.2. The Kier molecular flexibility index (Phi) is 2.75. The van der Waals surface area contributed by atoms with Gasteiger partial charge in [0.15, 0.2) is 6.23 Å². The second-order valence-corrected chi connectivity index (χ2v) is 4.41. The first-order chi connectivity index (χ1) is 9.07. The van der Waals surface area contributed by atoms with Crippen LogP contribution in [0.15, 0.2) is 24.8 Å².